The van der Waals surface area contributed by atoms with Crippen molar-refractivity contribution in [2.45, 2.75) is 19.4 Å². The molecule has 0 bridgehead atoms. The van der Waals surface area contributed by atoms with Crippen LogP contribution in [0.2, 0.25) is 0 Å². The molecule has 1 atom stereocenters. The summed E-state index contributed by atoms with van der Waals surface area (Å²) in [6.07, 6.45) is 1.13. The van der Waals surface area contributed by atoms with Gasteiger partial charge in [-0.1, -0.05) is 0 Å². The van der Waals surface area contributed by atoms with Gasteiger partial charge in [0.15, 0.2) is 0 Å². The van der Waals surface area contributed by atoms with E-state index >= 15 is 0 Å². The van der Waals surface area contributed by atoms with Crippen molar-refractivity contribution in [3.8, 4) is 5.88 Å². The fourth-order valence-corrected chi connectivity index (χ4v) is 2.44. The molecule has 2 N–H and O–H groups in total. The summed E-state index contributed by atoms with van der Waals surface area (Å²) in [5, 5.41) is 16.3. The lowest BCUT2D eigenvalue weighted by atomic mass is 10.1. The summed E-state index contributed by atoms with van der Waals surface area (Å²) in [7, 11) is 1.68. The second-order valence-corrected chi connectivity index (χ2v) is 5.22. The first-order valence-corrected chi connectivity index (χ1v) is 7.56. The van der Waals surface area contributed by atoms with Crippen molar-refractivity contribution in [1.29, 1.82) is 0 Å². The molecule has 23 heavy (non-hydrogen) atoms. The molecule has 2 heterocycles. The summed E-state index contributed by atoms with van der Waals surface area (Å²) in [6.45, 7) is 3.89. The molecule has 9 heteroatoms. The number of rotatable bonds is 6. The quantitative estimate of drug-likeness (QED) is 0.725. The van der Waals surface area contributed by atoms with Crippen molar-refractivity contribution in [1.82, 2.24) is 20.0 Å². The highest BCUT2D eigenvalue weighted by Crippen LogP contribution is 2.18. The maximum Gasteiger partial charge on any atom is 0.407 e. The standard InChI is InChI=1S/C14H22N4O5/c1-3-22-13(19)11-8-16-17(2)12(11)23-7-4-10-9-18(14(20)21)6-5-15-10/h8,10,15H,3-7,9H2,1-2H3,(H,20,21)/t10-/m1/s1. The normalized spacial score (nSPS) is 17.8. The van der Waals surface area contributed by atoms with Crippen LogP contribution in [0.4, 0.5) is 4.79 Å². The van der Waals surface area contributed by atoms with E-state index < -0.39 is 12.1 Å². The number of piperazine rings is 1. The number of amides is 1. The highest BCUT2D eigenvalue weighted by atomic mass is 16.5. The number of aryl methyl sites for hydroxylation is 1. The van der Waals surface area contributed by atoms with Gasteiger partial charge >= 0.3 is 12.1 Å². The Hall–Kier alpha value is -2.29. The molecule has 0 radical (unpaired) electrons. The molecule has 0 saturated carbocycles. The lowest BCUT2D eigenvalue weighted by molar-refractivity contribution is 0.0520. The zero-order valence-electron chi connectivity index (χ0n) is 13.3. The Morgan fingerprint density at radius 3 is 3.00 bits per heavy atom. The highest BCUT2D eigenvalue weighted by Gasteiger charge is 2.23. The van der Waals surface area contributed by atoms with Crippen LogP contribution in [0.25, 0.3) is 0 Å². The summed E-state index contributed by atoms with van der Waals surface area (Å²) >= 11 is 0. The summed E-state index contributed by atoms with van der Waals surface area (Å²) in [6, 6.07) is 0.0270. The van der Waals surface area contributed by atoms with E-state index in [9.17, 15) is 9.59 Å². The molecule has 0 unspecified atom stereocenters. The van der Waals surface area contributed by atoms with Crippen molar-refractivity contribution < 1.29 is 24.2 Å². The van der Waals surface area contributed by atoms with Crippen LogP contribution in [-0.4, -0.2) is 70.7 Å². The molecular weight excluding hydrogens is 304 g/mol. The number of nitrogens with zero attached hydrogens (tertiary/aromatic N) is 3. The SMILES string of the molecule is CCOC(=O)c1cnn(C)c1OCC[C@@H]1CN(C(=O)O)CCN1. The number of esters is 1. The second kappa shape index (κ2) is 7.82. The minimum absolute atomic E-state index is 0.0270. The minimum atomic E-state index is -0.909. The van der Waals surface area contributed by atoms with E-state index in [2.05, 4.69) is 10.4 Å². The monoisotopic (exact) mass is 326 g/mol. The molecule has 1 saturated heterocycles. The lowest BCUT2D eigenvalue weighted by Crippen LogP contribution is -2.52. The number of carbonyl (C=O) groups is 2. The maximum atomic E-state index is 11.8. The number of hydrogen-bond donors (Lipinski definition) is 2. The van der Waals surface area contributed by atoms with Crippen LogP contribution in [0.5, 0.6) is 5.88 Å². The van der Waals surface area contributed by atoms with Crippen molar-refractivity contribution in [2.24, 2.45) is 7.05 Å². The van der Waals surface area contributed by atoms with E-state index in [1.54, 1.807) is 14.0 Å². The molecule has 2 rings (SSSR count). The minimum Gasteiger partial charge on any atom is -0.477 e. The molecule has 0 spiro atoms. The fourth-order valence-electron chi connectivity index (χ4n) is 2.44. The third-order valence-corrected chi connectivity index (χ3v) is 3.61. The Kier molecular flexibility index (Phi) is 5.80. The summed E-state index contributed by atoms with van der Waals surface area (Å²) in [5.74, 6) is -0.113. The number of aromatic nitrogens is 2. The van der Waals surface area contributed by atoms with Crippen LogP contribution in [0, 0.1) is 0 Å². The van der Waals surface area contributed by atoms with E-state index in [-0.39, 0.29) is 18.2 Å². The van der Waals surface area contributed by atoms with E-state index in [0.29, 0.717) is 38.5 Å². The van der Waals surface area contributed by atoms with Crippen LogP contribution in [0.3, 0.4) is 0 Å². The maximum absolute atomic E-state index is 11.8. The number of ether oxygens (including phenoxy) is 2. The van der Waals surface area contributed by atoms with Gasteiger partial charge in [-0.2, -0.15) is 5.10 Å². The first-order chi connectivity index (χ1) is 11.0. The molecular formula is C14H22N4O5. The fraction of sp³-hybridized carbons (Fsp3) is 0.643. The zero-order chi connectivity index (χ0) is 16.8. The van der Waals surface area contributed by atoms with Gasteiger partial charge in [0.2, 0.25) is 5.88 Å². The van der Waals surface area contributed by atoms with Gasteiger partial charge in [0.05, 0.1) is 19.4 Å². The van der Waals surface area contributed by atoms with Crippen LogP contribution >= 0.6 is 0 Å². The third kappa shape index (κ3) is 4.35. The summed E-state index contributed by atoms with van der Waals surface area (Å²) in [5.41, 5.74) is 0.290. The zero-order valence-corrected chi connectivity index (χ0v) is 13.3. The van der Waals surface area contributed by atoms with E-state index in [1.807, 2.05) is 0 Å². The number of carboxylic acid groups (broad SMARTS) is 1. The smallest absolute Gasteiger partial charge is 0.407 e. The van der Waals surface area contributed by atoms with Crippen LogP contribution in [0.1, 0.15) is 23.7 Å². The Bertz CT molecular complexity index is 559. The second-order valence-electron chi connectivity index (χ2n) is 5.22. The van der Waals surface area contributed by atoms with Crippen LogP contribution in [0.15, 0.2) is 6.20 Å². The molecule has 0 aromatic carbocycles. The lowest BCUT2D eigenvalue weighted by Gasteiger charge is -2.31. The van der Waals surface area contributed by atoms with E-state index in [4.69, 9.17) is 14.6 Å². The predicted octanol–water partition coefficient (Wildman–Crippen LogP) is 0.318. The Morgan fingerprint density at radius 2 is 2.30 bits per heavy atom. The largest absolute Gasteiger partial charge is 0.477 e. The predicted molar refractivity (Wildman–Crippen MR) is 80.7 cm³/mol. The van der Waals surface area contributed by atoms with Gasteiger partial charge < -0.3 is 24.8 Å². The van der Waals surface area contributed by atoms with Crippen molar-refractivity contribution in [3.63, 3.8) is 0 Å². The van der Waals surface area contributed by atoms with Gasteiger partial charge in [0, 0.05) is 32.7 Å². The van der Waals surface area contributed by atoms with Gasteiger partial charge in [0.1, 0.15) is 5.56 Å². The van der Waals surface area contributed by atoms with Gasteiger partial charge in [-0.05, 0) is 13.3 Å². The number of hydrogen-bond acceptors (Lipinski definition) is 6. The van der Waals surface area contributed by atoms with Gasteiger partial charge in [0.25, 0.3) is 0 Å². The molecule has 1 aliphatic heterocycles. The number of nitrogens with one attached hydrogen (secondary N) is 1. The topological polar surface area (TPSA) is 106 Å². The molecule has 0 aliphatic carbocycles. The molecule has 1 aromatic rings. The van der Waals surface area contributed by atoms with Crippen LogP contribution in [-0.2, 0) is 11.8 Å². The molecule has 1 aromatic heterocycles. The van der Waals surface area contributed by atoms with Crippen molar-refractivity contribution in [2.75, 3.05) is 32.8 Å². The average Bonchev–Trinajstić information content (AvgIpc) is 2.89. The van der Waals surface area contributed by atoms with Crippen molar-refractivity contribution in [3.05, 3.63) is 11.8 Å². The van der Waals surface area contributed by atoms with Gasteiger partial charge in [-0.3, -0.25) is 0 Å². The first kappa shape index (κ1) is 17.1. The third-order valence-electron chi connectivity index (χ3n) is 3.61. The van der Waals surface area contributed by atoms with E-state index in [0.717, 1.165) is 0 Å². The Balaban J connectivity index is 1.88. The van der Waals surface area contributed by atoms with Gasteiger partial charge in [-0.25, -0.2) is 14.3 Å². The highest BCUT2D eigenvalue weighted by molar-refractivity contribution is 5.91. The molecule has 1 amide bonds. The molecule has 1 aliphatic rings. The van der Waals surface area contributed by atoms with E-state index in [1.165, 1.54) is 15.8 Å². The average molecular weight is 326 g/mol. The van der Waals surface area contributed by atoms with Gasteiger partial charge in [-0.15, -0.1) is 0 Å². The van der Waals surface area contributed by atoms with Crippen molar-refractivity contribution >= 4 is 12.1 Å². The summed E-state index contributed by atoms with van der Waals surface area (Å²) < 4.78 is 12.1. The summed E-state index contributed by atoms with van der Waals surface area (Å²) in [4.78, 5) is 24.2. The molecule has 128 valence electrons. The Labute approximate surface area is 134 Å². The number of carbonyl (C=O) groups excluding carboxylic acids is 1. The molecule has 9 nitrogen and oxygen atoms in total. The Morgan fingerprint density at radius 1 is 1.52 bits per heavy atom. The molecule has 1 fully saturated rings. The van der Waals surface area contributed by atoms with Crippen LogP contribution < -0.4 is 10.1 Å². The first-order valence-electron chi connectivity index (χ1n) is 7.56.